The maximum absolute atomic E-state index is 11.3. The van der Waals surface area contributed by atoms with Crippen LogP contribution >= 0.6 is 23.2 Å². The molecule has 4 rings (SSSR count). The fourth-order valence-electron chi connectivity index (χ4n) is 4.91. The molecule has 1 atom stereocenters. The lowest BCUT2D eigenvalue weighted by Gasteiger charge is -2.42. The van der Waals surface area contributed by atoms with Gasteiger partial charge in [-0.15, -0.1) is 0 Å². The van der Waals surface area contributed by atoms with Gasteiger partial charge in [0.1, 0.15) is 12.2 Å². The number of piperidine rings is 1. The minimum atomic E-state index is -0.711. The number of benzene rings is 1. The molecule has 0 bridgehead atoms. The van der Waals surface area contributed by atoms with Gasteiger partial charge >= 0.3 is 6.09 Å². The normalized spacial score (nSPS) is 19.9. The van der Waals surface area contributed by atoms with E-state index >= 15 is 0 Å². The monoisotopic (exact) mass is 459 g/mol. The molecule has 7 nitrogen and oxygen atoms in total. The van der Waals surface area contributed by atoms with E-state index in [-0.39, 0.29) is 17.2 Å². The summed E-state index contributed by atoms with van der Waals surface area (Å²) in [5, 5.41) is 10.6. The molecule has 1 aliphatic heterocycles. The summed E-state index contributed by atoms with van der Waals surface area (Å²) in [5.74, 6) is 0.571. The first-order valence-electron chi connectivity index (χ1n) is 10.3. The Balaban J connectivity index is 1.60. The van der Waals surface area contributed by atoms with Crippen LogP contribution in [0.5, 0.6) is 0 Å². The highest BCUT2D eigenvalue weighted by Crippen LogP contribution is 2.48. The Labute approximate surface area is 191 Å². The van der Waals surface area contributed by atoms with Crippen molar-refractivity contribution in [2.75, 3.05) is 18.0 Å². The maximum atomic E-state index is 11.3. The highest BCUT2D eigenvalue weighted by molar-refractivity contribution is 6.43. The molecule has 2 aromatic rings. The number of hydrogen-bond donors (Lipinski definition) is 1. The summed E-state index contributed by atoms with van der Waals surface area (Å²) < 4.78 is 5.41. The van der Waals surface area contributed by atoms with Crippen molar-refractivity contribution >= 4 is 35.1 Å². The first kappa shape index (κ1) is 21.7. The molecule has 0 radical (unpaired) electrons. The lowest BCUT2D eigenvalue weighted by Crippen LogP contribution is -2.46. The molecule has 2 heterocycles. The van der Waals surface area contributed by atoms with Crippen LogP contribution in [0.15, 0.2) is 18.2 Å². The van der Waals surface area contributed by atoms with Gasteiger partial charge in [0.05, 0.1) is 21.4 Å². The van der Waals surface area contributed by atoms with E-state index in [1.807, 2.05) is 13.0 Å². The number of nitrogens with zero attached hydrogens (tertiary/aromatic N) is 4. The molecule has 1 spiro atoms. The van der Waals surface area contributed by atoms with Crippen molar-refractivity contribution in [3.05, 3.63) is 39.6 Å². The summed E-state index contributed by atoms with van der Waals surface area (Å²) in [5.41, 5.74) is 7.35. The number of primary amides is 1. The number of halogens is 2. The van der Waals surface area contributed by atoms with E-state index in [2.05, 4.69) is 16.0 Å². The summed E-state index contributed by atoms with van der Waals surface area (Å²) >= 11 is 12.5. The van der Waals surface area contributed by atoms with Crippen LogP contribution in [-0.4, -0.2) is 35.3 Å². The van der Waals surface area contributed by atoms with Gasteiger partial charge in [-0.3, -0.25) is 0 Å². The van der Waals surface area contributed by atoms with Crippen molar-refractivity contribution in [3.8, 4) is 17.3 Å². The SMILES string of the molecule is Cc1nc(N2CCC3(CCCC3OC(N)=O)CC2)c(C#N)nc1-c1cccc(Cl)c1Cl. The van der Waals surface area contributed by atoms with Gasteiger partial charge in [-0.2, -0.15) is 5.26 Å². The predicted octanol–water partition coefficient (Wildman–Crippen LogP) is 4.86. The van der Waals surface area contributed by atoms with Crippen molar-refractivity contribution in [1.82, 2.24) is 9.97 Å². The molecule has 2 N–H and O–H groups in total. The maximum Gasteiger partial charge on any atom is 0.404 e. The van der Waals surface area contributed by atoms with Crippen LogP contribution in [0.4, 0.5) is 10.6 Å². The van der Waals surface area contributed by atoms with Gasteiger partial charge in [0.2, 0.25) is 0 Å². The third-order valence-electron chi connectivity index (χ3n) is 6.51. The average Bonchev–Trinajstić information content (AvgIpc) is 3.11. The minimum Gasteiger partial charge on any atom is -0.446 e. The Morgan fingerprint density at radius 3 is 2.71 bits per heavy atom. The summed E-state index contributed by atoms with van der Waals surface area (Å²) in [6.07, 6.45) is 3.73. The topological polar surface area (TPSA) is 105 Å². The molecular formula is C22H23Cl2N5O2. The van der Waals surface area contributed by atoms with Crippen LogP contribution < -0.4 is 10.6 Å². The third kappa shape index (κ3) is 4.02. The molecule has 1 unspecified atom stereocenters. The highest BCUT2D eigenvalue weighted by atomic mass is 35.5. The van der Waals surface area contributed by atoms with Gasteiger partial charge in [0.25, 0.3) is 0 Å². The van der Waals surface area contributed by atoms with Crippen LogP contribution in [0.2, 0.25) is 10.0 Å². The number of nitrogens with two attached hydrogens (primary N) is 1. The molecule has 1 aromatic heterocycles. The number of carbonyl (C=O) groups is 1. The van der Waals surface area contributed by atoms with E-state index < -0.39 is 6.09 Å². The quantitative estimate of drug-likeness (QED) is 0.701. The van der Waals surface area contributed by atoms with Crippen LogP contribution in [0, 0.1) is 23.7 Å². The van der Waals surface area contributed by atoms with E-state index in [9.17, 15) is 10.1 Å². The second-order valence-corrected chi connectivity index (χ2v) is 9.00. The van der Waals surface area contributed by atoms with Crippen LogP contribution in [0.25, 0.3) is 11.3 Å². The molecule has 162 valence electrons. The Morgan fingerprint density at radius 2 is 2.03 bits per heavy atom. The summed E-state index contributed by atoms with van der Waals surface area (Å²) in [4.78, 5) is 22.7. The summed E-state index contributed by atoms with van der Waals surface area (Å²) in [7, 11) is 0. The largest absolute Gasteiger partial charge is 0.446 e. The second kappa shape index (κ2) is 8.52. The molecule has 2 aliphatic rings. The van der Waals surface area contributed by atoms with E-state index in [0.29, 0.717) is 45.9 Å². The number of anilines is 1. The molecule has 1 saturated carbocycles. The predicted molar refractivity (Wildman–Crippen MR) is 119 cm³/mol. The number of aryl methyl sites for hydroxylation is 1. The van der Waals surface area contributed by atoms with Crippen molar-refractivity contribution < 1.29 is 9.53 Å². The Hall–Kier alpha value is -2.56. The fourth-order valence-corrected chi connectivity index (χ4v) is 5.30. The zero-order chi connectivity index (χ0) is 22.2. The number of rotatable bonds is 3. The first-order valence-corrected chi connectivity index (χ1v) is 11.0. The number of amides is 1. The standard InChI is InChI=1S/C22H23Cl2N5O2/c1-13-19(14-4-2-5-15(23)18(14)24)28-16(12-25)20(27-13)29-10-8-22(9-11-29)7-3-6-17(22)31-21(26)30/h2,4-5,17H,3,6-11H2,1H3,(H2,26,30). The molecule has 2 fully saturated rings. The van der Waals surface area contributed by atoms with E-state index in [0.717, 1.165) is 32.1 Å². The van der Waals surface area contributed by atoms with Crippen molar-refractivity contribution in [2.24, 2.45) is 11.1 Å². The van der Waals surface area contributed by atoms with Crippen molar-refractivity contribution in [1.29, 1.82) is 5.26 Å². The molecule has 1 aromatic carbocycles. The van der Waals surface area contributed by atoms with Gasteiger partial charge in [-0.1, -0.05) is 35.3 Å². The average molecular weight is 460 g/mol. The Morgan fingerprint density at radius 1 is 1.29 bits per heavy atom. The van der Waals surface area contributed by atoms with Crippen molar-refractivity contribution in [3.63, 3.8) is 0 Å². The lowest BCUT2D eigenvalue weighted by molar-refractivity contribution is 0.0159. The van der Waals surface area contributed by atoms with Crippen LogP contribution in [0.1, 0.15) is 43.5 Å². The lowest BCUT2D eigenvalue weighted by atomic mass is 9.75. The van der Waals surface area contributed by atoms with Crippen LogP contribution in [0.3, 0.4) is 0 Å². The summed E-state index contributed by atoms with van der Waals surface area (Å²) in [6, 6.07) is 7.50. The fraction of sp³-hybridized carbons (Fsp3) is 0.455. The number of carbonyl (C=O) groups excluding carboxylic acids is 1. The number of ether oxygens (including phenoxy) is 1. The molecule has 1 saturated heterocycles. The molecule has 9 heteroatoms. The molecule has 31 heavy (non-hydrogen) atoms. The van der Waals surface area contributed by atoms with Gasteiger partial charge in [0, 0.05) is 24.1 Å². The van der Waals surface area contributed by atoms with Crippen LogP contribution in [-0.2, 0) is 4.74 Å². The number of aromatic nitrogens is 2. The summed E-state index contributed by atoms with van der Waals surface area (Å²) in [6.45, 7) is 3.26. The molecule has 1 amide bonds. The van der Waals surface area contributed by atoms with Crippen molar-refractivity contribution in [2.45, 2.75) is 45.1 Å². The van der Waals surface area contributed by atoms with E-state index in [1.165, 1.54) is 0 Å². The second-order valence-electron chi connectivity index (χ2n) is 8.21. The van der Waals surface area contributed by atoms with E-state index in [1.54, 1.807) is 12.1 Å². The number of hydrogen-bond acceptors (Lipinski definition) is 6. The zero-order valence-electron chi connectivity index (χ0n) is 17.2. The third-order valence-corrected chi connectivity index (χ3v) is 7.32. The van der Waals surface area contributed by atoms with E-state index in [4.69, 9.17) is 38.7 Å². The first-order chi connectivity index (χ1) is 14.8. The Bertz CT molecular complexity index is 1060. The smallest absolute Gasteiger partial charge is 0.404 e. The Kier molecular flexibility index (Phi) is 5.96. The zero-order valence-corrected chi connectivity index (χ0v) is 18.7. The van der Waals surface area contributed by atoms with Gasteiger partial charge in [0.15, 0.2) is 11.5 Å². The minimum absolute atomic E-state index is 0.0466. The highest BCUT2D eigenvalue weighted by Gasteiger charge is 2.47. The number of nitriles is 1. The van der Waals surface area contributed by atoms with Gasteiger partial charge in [-0.05, 0) is 45.1 Å². The van der Waals surface area contributed by atoms with Gasteiger partial charge < -0.3 is 15.4 Å². The van der Waals surface area contributed by atoms with Gasteiger partial charge in [-0.25, -0.2) is 14.8 Å². The molecular weight excluding hydrogens is 437 g/mol. The molecule has 1 aliphatic carbocycles.